The average Bonchev–Trinajstić information content (AvgIpc) is 2.71. The number of nitrogens with zero attached hydrogens (tertiary/aromatic N) is 1. The Morgan fingerprint density at radius 2 is 2.18 bits per heavy atom. The maximum absolute atomic E-state index is 11.7. The number of ether oxygens (including phenoxy) is 1. The summed E-state index contributed by atoms with van der Waals surface area (Å²) < 4.78 is 30.7. The monoisotopic (exact) mass is 262 g/mol. The van der Waals surface area contributed by atoms with Crippen molar-refractivity contribution in [2.45, 2.75) is 11.9 Å². The molecule has 1 aromatic rings. The van der Waals surface area contributed by atoms with Crippen molar-refractivity contribution in [2.75, 3.05) is 33.4 Å². The highest BCUT2D eigenvalue weighted by Gasteiger charge is 2.15. The van der Waals surface area contributed by atoms with Crippen molar-refractivity contribution in [3.63, 3.8) is 0 Å². The van der Waals surface area contributed by atoms with Gasteiger partial charge in [-0.3, -0.25) is 0 Å². The van der Waals surface area contributed by atoms with Crippen LogP contribution in [0.15, 0.2) is 11.2 Å². The lowest BCUT2D eigenvalue weighted by molar-refractivity contribution is 0.199. The first-order chi connectivity index (χ1) is 8.06. The molecule has 0 aliphatic heterocycles. The molecule has 1 aromatic heterocycles. The van der Waals surface area contributed by atoms with Crippen LogP contribution in [-0.4, -0.2) is 51.7 Å². The molecular formula is C9H18N4O3S. The number of methoxy groups -OCH3 is 1. The smallest absolute Gasteiger partial charge is 0.257 e. The summed E-state index contributed by atoms with van der Waals surface area (Å²) in [6.45, 7) is 3.87. The molecule has 0 atom stereocenters. The second-order valence-corrected chi connectivity index (χ2v) is 5.21. The van der Waals surface area contributed by atoms with E-state index in [9.17, 15) is 8.42 Å². The van der Waals surface area contributed by atoms with Crippen molar-refractivity contribution in [3.05, 3.63) is 12.0 Å². The highest BCUT2D eigenvalue weighted by molar-refractivity contribution is 7.89. The van der Waals surface area contributed by atoms with Crippen molar-refractivity contribution in [1.82, 2.24) is 20.0 Å². The van der Waals surface area contributed by atoms with Gasteiger partial charge in [0.2, 0.25) is 0 Å². The summed E-state index contributed by atoms with van der Waals surface area (Å²) in [5, 5.41) is 3.13. The van der Waals surface area contributed by atoms with Crippen molar-refractivity contribution < 1.29 is 13.2 Å². The molecule has 0 bridgehead atoms. The molecule has 0 aromatic carbocycles. The standard InChI is InChI=1S/C9H18N4O3S/c1-8-11-7-9(13-8)17(14,15)12-4-3-10-5-6-16-2/h7,10,12H,3-6H2,1-2H3,(H,11,13). The van der Waals surface area contributed by atoms with Gasteiger partial charge in [-0.25, -0.2) is 18.1 Å². The van der Waals surface area contributed by atoms with Crippen LogP contribution in [0.4, 0.5) is 0 Å². The number of sulfonamides is 1. The highest BCUT2D eigenvalue weighted by Crippen LogP contribution is 2.03. The number of hydrogen-bond acceptors (Lipinski definition) is 5. The van der Waals surface area contributed by atoms with Crippen molar-refractivity contribution in [3.8, 4) is 0 Å². The Kier molecular flexibility index (Phi) is 5.56. The minimum Gasteiger partial charge on any atom is -0.383 e. The average molecular weight is 262 g/mol. The lowest BCUT2D eigenvalue weighted by Crippen LogP contribution is -2.33. The predicted octanol–water partition coefficient (Wildman–Crippen LogP) is -0.768. The summed E-state index contributed by atoms with van der Waals surface area (Å²) in [5.41, 5.74) is 0. The van der Waals surface area contributed by atoms with Gasteiger partial charge in [-0.15, -0.1) is 0 Å². The van der Waals surface area contributed by atoms with Gasteiger partial charge in [0, 0.05) is 26.7 Å². The molecule has 1 rings (SSSR count). The lowest BCUT2D eigenvalue weighted by atomic mass is 10.6. The summed E-state index contributed by atoms with van der Waals surface area (Å²) in [5.74, 6) is 0.573. The summed E-state index contributed by atoms with van der Waals surface area (Å²) in [6.07, 6.45) is 1.30. The van der Waals surface area contributed by atoms with Gasteiger partial charge in [-0.2, -0.15) is 0 Å². The molecule has 17 heavy (non-hydrogen) atoms. The first-order valence-corrected chi connectivity index (χ1v) is 6.75. The second-order valence-electron chi connectivity index (χ2n) is 3.47. The van der Waals surface area contributed by atoms with Crippen molar-refractivity contribution >= 4 is 10.0 Å². The zero-order valence-electron chi connectivity index (χ0n) is 9.99. The van der Waals surface area contributed by atoms with Gasteiger partial charge < -0.3 is 15.0 Å². The van der Waals surface area contributed by atoms with E-state index in [1.54, 1.807) is 14.0 Å². The molecule has 0 saturated heterocycles. The number of hydrogen-bond donors (Lipinski definition) is 3. The van der Waals surface area contributed by atoms with Crippen LogP contribution < -0.4 is 10.0 Å². The molecule has 3 N–H and O–H groups in total. The van der Waals surface area contributed by atoms with Crippen molar-refractivity contribution in [1.29, 1.82) is 0 Å². The van der Waals surface area contributed by atoms with E-state index in [0.29, 0.717) is 32.1 Å². The number of aryl methyl sites for hydroxylation is 1. The van der Waals surface area contributed by atoms with E-state index in [0.717, 1.165) is 0 Å². The summed E-state index contributed by atoms with van der Waals surface area (Å²) in [7, 11) is -1.86. The van der Waals surface area contributed by atoms with E-state index in [4.69, 9.17) is 4.74 Å². The molecule has 0 saturated carbocycles. The number of aromatic amines is 1. The van der Waals surface area contributed by atoms with Crippen LogP contribution in [0, 0.1) is 6.92 Å². The fourth-order valence-electron chi connectivity index (χ4n) is 1.19. The van der Waals surface area contributed by atoms with Crippen LogP contribution in [0.5, 0.6) is 0 Å². The molecule has 7 nitrogen and oxygen atoms in total. The maximum Gasteiger partial charge on any atom is 0.257 e. The Bertz CT molecular complexity index is 429. The number of H-pyrrole nitrogens is 1. The van der Waals surface area contributed by atoms with Crippen molar-refractivity contribution in [2.24, 2.45) is 0 Å². The first-order valence-electron chi connectivity index (χ1n) is 5.27. The van der Waals surface area contributed by atoms with Gasteiger partial charge in [-0.1, -0.05) is 0 Å². The third-order valence-electron chi connectivity index (χ3n) is 2.05. The first kappa shape index (κ1) is 14.1. The molecule has 8 heteroatoms. The molecule has 0 amide bonds. The predicted molar refractivity (Wildman–Crippen MR) is 63.3 cm³/mol. The number of nitrogens with one attached hydrogen (secondary N) is 3. The Balaban J connectivity index is 2.31. The van der Waals surface area contributed by atoms with Gasteiger partial charge in [0.05, 0.1) is 12.8 Å². The largest absolute Gasteiger partial charge is 0.383 e. The van der Waals surface area contributed by atoms with Crippen LogP contribution in [-0.2, 0) is 14.8 Å². The molecule has 0 spiro atoms. The van der Waals surface area contributed by atoms with E-state index in [-0.39, 0.29) is 5.03 Å². The van der Waals surface area contributed by atoms with Gasteiger partial charge in [-0.05, 0) is 6.92 Å². The molecule has 0 fully saturated rings. The van der Waals surface area contributed by atoms with Crippen LogP contribution in [0.1, 0.15) is 5.82 Å². The SMILES string of the molecule is COCCNCCNS(=O)(=O)c1cnc(C)[nH]1. The fourth-order valence-corrected chi connectivity index (χ4v) is 2.19. The molecule has 0 radical (unpaired) electrons. The highest BCUT2D eigenvalue weighted by atomic mass is 32.2. The van der Waals surface area contributed by atoms with E-state index in [1.807, 2.05) is 0 Å². The Morgan fingerprint density at radius 3 is 2.76 bits per heavy atom. The van der Waals surface area contributed by atoms with E-state index in [2.05, 4.69) is 20.0 Å². The second kappa shape index (κ2) is 6.70. The molecule has 98 valence electrons. The topological polar surface area (TPSA) is 96.1 Å². The third-order valence-corrected chi connectivity index (χ3v) is 3.42. The summed E-state index contributed by atoms with van der Waals surface area (Å²) in [6, 6.07) is 0. The van der Waals surface area contributed by atoms with Crippen LogP contribution >= 0.6 is 0 Å². The van der Waals surface area contributed by atoms with Gasteiger partial charge in [0.15, 0.2) is 5.03 Å². The quantitative estimate of drug-likeness (QED) is 0.535. The number of rotatable bonds is 8. The van der Waals surface area contributed by atoms with Crippen LogP contribution in [0.25, 0.3) is 0 Å². The van der Waals surface area contributed by atoms with E-state index >= 15 is 0 Å². The maximum atomic E-state index is 11.7. The number of aromatic nitrogens is 2. The van der Waals surface area contributed by atoms with Crippen LogP contribution in [0.3, 0.4) is 0 Å². The Hall–Kier alpha value is -0.960. The minimum absolute atomic E-state index is 0.0897. The summed E-state index contributed by atoms with van der Waals surface area (Å²) in [4.78, 5) is 6.52. The van der Waals surface area contributed by atoms with Gasteiger partial charge >= 0.3 is 0 Å². The minimum atomic E-state index is -3.47. The summed E-state index contributed by atoms with van der Waals surface area (Å²) >= 11 is 0. The number of imidazole rings is 1. The molecule has 1 heterocycles. The zero-order valence-corrected chi connectivity index (χ0v) is 10.8. The van der Waals surface area contributed by atoms with E-state index in [1.165, 1.54) is 6.20 Å². The Morgan fingerprint density at radius 1 is 1.41 bits per heavy atom. The zero-order chi connectivity index (χ0) is 12.7. The third kappa shape index (κ3) is 4.82. The normalized spacial score (nSPS) is 11.9. The van der Waals surface area contributed by atoms with Crippen LogP contribution in [0.2, 0.25) is 0 Å². The fraction of sp³-hybridized carbons (Fsp3) is 0.667. The Labute approximate surface area is 101 Å². The molecular weight excluding hydrogens is 244 g/mol. The van der Waals surface area contributed by atoms with Gasteiger partial charge in [0.1, 0.15) is 5.82 Å². The van der Waals surface area contributed by atoms with E-state index < -0.39 is 10.0 Å². The molecule has 0 aliphatic carbocycles. The molecule has 0 unspecified atom stereocenters. The lowest BCUT2D eigenvalue weighted by Gasteiger charge is -2.05. The molecule has 0 aliphatic rings. The van der Waals surface area contributed by atoms with Gasteiger partial charge in [0.25, 0.3) is 10.0 Å².